The number of rotatable bonds is 8. The number of nitrogens with one attached hydrogen (secondary N) is 2. The molecular weight excluding hydrogens is 559 g/mol. The molecule has 1 aromatic heterocycles. The predicted molar refractivity (Wildman–Crippen MR) is 150 cm³/mol. The maximum Gasteiger partial charge on any atom is 0.490 e. The van der Waals surface area contributed by atoms with E-state index >= 15 is 0 Å². The van der Waals surface area contributed by atoms with Crippen molar-refractivity contribution in [3.8, 4) is 0 Å². The van der Waals surface area contributed by atoms with Gasteiger partial charge in [-0.1, -0.05) is 43.2 Å². The Balaban J connectivity index is 0.000000587. The summed E-state index contributed by atoms with van der Waals surface area (Å²) in [7, 11) is 0. The van der Waals surface area contributed by atoms with Crippen molar-refractivity contribution in [2.45, 2.75) is 57.2 Å². The van der Waals surface area contributed by atoms with Crippen molar-refractivity contribution in [1.29, 1.82) is 5.41 Å². The first kappa shape index (κ1) is 31.6. The molecule has 41 heavy (non-hydrogen) atoms. The summed E-state index contributed by atoms with van der Waals surface area (Å²) in [6.45, 7) is 2.15. The second kappa shape index (κ2) is 14.1. The van der Waals surface area contributed by atoms with Crippen molar-refractivity contribution in [1.82, 2.24) is 5.32 Å². The summed E-state index contributed by atoms with van der Waals surface area (Å²) in [5.74, 6) is -3.80. The van der Waals surface area contributed by atoms with E-state index in [2.05, 4.69) is 5.32 Å². The summed E-state index contributed by atoms with van der Waals surface area (Å²) in [5.41, 5.74) is 8.37. The van der Waals surface area contributed by atoms with Crippen LogP contribution in [0.15, 0.2) is 53.9 Å². The molecule has 1 saturated carbocycles. The molecule has 1 heterocycles. The molecule has 0 saturated heterocycles. The van der Waals surface area contributed by atoms with Crippen molar-refractivity contribution >= 4 is 45.1 Å². The van der Waals surface area contributed by atoms with Crippen molar-refractivity contribution in [2.75, 3.05) is 6.61 Å². The number of carboxylic acid groups (broad SMARTS) is 1. The Morgan fingerprint density at radius 2 is 1.80 bits per heavy atom. The van der Waals surface area contributed by atoms with Crippen LogP contribution in [0.2, 0.25) is 0 Å². The van der Waals surface area contributed by atoms with Gasteiger partial charge >= 0.3 is 18.1 Å². The van der Waals surface area contributed by atoms with Crippen molar-refractivity contribution < 1.29 is 37.4 Å². The number of carbonyl (C=O) groups excluding carboxylic acids is 2. The zero-order chi connectivity index (χ0) is 30.2. The zero-order valence-corrected chi connectivity index (χ0v) is 23.2. The maximum atomic E-state index is 13.8. The second-order valence-electron chi connectivity index (χ2n) is 9.62. The summed E-state index contributed by atoms with van der Waals surface area (Å²) in [6.07, 6.45) is -1.10. The molecule has 3 aromatic rings. The summed E-state index contributed by atoms with van der Waals surface area (Å²) in [5, 5.41) is 21.1. The third-order valence-corrected chi connectivity index (χ3v) is 7.80. The fraction of sp³-hybridized carbons (Fsp3) is 0.379. The number of amidine groups is 1. The van der Waals surface area contributed by atoms with Gasteiger partial charge in [0.1, 0.15) is 5.84 Å². The quantitative estimate of drug-likeness (QED) is 0.157. The highest BCUT2D eigenvalue weighted by atomic mass is 32.1. The number of esters is 1. The molecule has 2 unspecified atom stereocenters. The summed E-state index contributed by atoms with van der Waals surface area (Å²) < 4.78 is 38.1. The Morgan fingerprint density at radius 1 is 1.15 bits per heavy atom. The molecule has 0 aliphatic heterocycles. The van der Waals surface area contributed by atoms with Crippen LogP contribution in [0.25, 0.3) is 10.1 Å². The number of hydrogen-bond acceptors (Lipinski definition) is 6. The summed E-state index contributed by atoms with van der Waals surface area (Å²) in [4.78, 5) is 35.2. The number of carbonyl (C=O) groups is 3. The number of alkyl halides is 3. The molecule has 4 rings (SSSR count). The fourth-order valence-electron chi connectivity index (χ4n) is 4.80. The number of hydrogen-bond donors (Lipinski definition) is 4. The van der Waals surface area contributed by atoms with Gasteiger partial charge in [0.2, 0.25) is 5.91 Å². The lowest BCUT2D eigenvalue weighted by Crippen LogP contribution is -2.47. The molecular formula is C29H32F3N3O5S. The molecule has 1 fully saturated rings. The Morgan fingerprint density at radius 3 is 2.41 bits per heavy atom. The van der Waals surface area contributed by atoms with Crippen molar-refractivity contribution in [3.63, 3.8) is 0 Å². The minimum atomic E-state index is -5.08. The lowest BCUT2D eigenvalue weighted by molar-refractivity contribution is -0.192. The minimum Gasteiger partial charge on any atom is -0.475 e. The highest BCUT2D eigenvalue weighted by Crippen LogP contribution is 2.35. The third-order valence-electron chi connectivity index (χ3n) is 6.81. The Bertz CT molecular complexity index is 1380. The largest absolute Gasteiger partial charge is 0.490 e. The topological polar surface area (TPSA) is 143 Å². The number of aliphatic carboxylic acids is 1. The van der Waals surface area contributed by atoms with Crippen LogP contribution < -0.4 is 11.1 Å². The van der Waals surface area contributed by atoms with Crippen LogP contribution in [0.5, 0.6) is 0 Å². The number of nitrogen functional groups attached to an aromatic ring is 1. The van der Waals surface area contributed by atoms with Gasteiger partial charge in [0, 0.05) is 16.3 Å². The Hall–Kier alpha value is -3.93. The predicted octanol–water partition coefficient (Wildman–Crippen LogP) is 5.38. The molecule has 220 valence electrons. The molecule has 1 aliphatic rings. The van der Waals surface area contributed by atoms with Gasteiger partial charge in [-0.05, 0) is 66.3 Å². The summed E-state index contributed by atoms with van der Waals surface area (Å²) in [6, 6.07) is 15.4. The van der Waals surface area contributed by atoms with Crippen LogP contribution in [-0.4, -0.2) is 47.6 Å². The molecule has 3 atom stereocenters. The number of fused-ring (bicyclic) bond motifs is 1. The molecule has 8 nitrogen and oxygen atoms in total. The molecule has 2 aromatic carbocycles. The van der Waals surface area contributed by atoms with Crippen LogP contribution in [0.1, 0.15) is 55.2 Å². The number of amides is 1. The van der Waals surface area contributed by atoms with Crippen LogP contribution >= 0.6 is 11.3 Å². The van der Waals surface area contributed by atoms with Crippen LogP contribution in [0.4, 0.5) is 13.2 Å². The van der Waals surface area contributed by atoms with Gasteiger partial charge in [0.25, 0.3) is 0 Å². The number of benzene rings is 2. The van der Waals surface area contributed by atoms with E-state index in [4.69, 9.17) is 25.8 Å². The first-order chi connectivity index (χ1) is 19.4. The average Bonchev–Trinajstić information content (AvgIpc) is 3.35. The minimum absolute atomic E-state index is 0.00240. The van der Waals surface area contributed by atoms with Gasteiger partial charge in [-0.25, -0.2) is 4.79 Å². The van der Waals surface area contributed by atoms with E-state index in [0.29, 0.717) is 18.6 Å². The normalized spacial score (nSPS) is 17.6. The van der Waals surface area contributed by atoms with E-state index in [9.17, 15) is 22.8 Å². The molecule has 12 heteroatoms. The number of carboxylic acids is 1. The van der Waals surface area contributed by atoms with Crippen molar-refractivity contribution in [3.05, 3.63) is 70.6 Å². The molecule has 0 bridgehead atoms. The average molecular weight is 592 g/mol. The number of halogens is 3. The lowest BCUT2D eigenvalue weighted by Gasteiger charge is -2.32. The molecule has 0 radical (unpaired) electrons. The lowest BCUT2D eigenvalue weighted by atomic mass is 9.83. The molecule has 1 aliphatic carbocycles. The monoisotopic (exact) mass is 591 g/mol. The second-order valence-corrected chi connectivity index (χ2v) is 10.5. The van der Waals surface area contributed by atoms with E-state index in [0.717, 1.165) is 46.9 Å². The number of thiophene rings is 1. The molecule has 5 N–H and O–H groups in total. The van der Waals surface area contributed by atoms with E-state index in [-0.39, 0.29) is 29.7 Å². The van der Waals surface area contributed by atoms with E-state index in [1.165, 1.54) is 0 Å². The molecule has 0 spiro atoms. The number of nitrogens with two attached hydrogens (primary N) is 1. The highest BCUT2D eigenvalue weighted by Gasteiger charge is 2.38. The van der Waals surface area contributed by atoms with Crippen LogP contribution in [0, 0.1) is 11.3 Å². The fourth-order valence-corrected chi connectivity index (χ4v) is 5.79. The van der Waals surface area contributed by atoms with E-state index in [1.807, 2.05) is 53.9 Å². The maximum absolute atomic E-state index is 13.8. The third kappa shape index (κ3) is 8.53. The SMILES string of the molecule is CCOC(=O)[C@@H]1CCCCC1NC(=O)C(Cc1ccccc1)c1csc2ccc(C(=N)N)cc12.O=C(O)C(F)(F)F. The van der Waals surface area contributed by atoms with Gasteiger partial charge in [-0.2, -0.15) is 13.2 Å². The van der Waals surface area contributed by atoms with Gasteiger partial charge in [-0.15, -0.1) is 11.3 Å². The Kier molecular flexibility index (Phi) is 10.9. The van der Waals surface area contributed by atoms with Gasteiger partial charge < -0.3 is 20.9 Å². The Labute approximate surface area is 239 Å². The van der Waals surface area contributed by atoms with Crippen molar-refractivity contribution in [2.24, 2.45) is 11.7 Å². The smallest absolute Gasteiger partial charge is 0.475 e. The van der Waals surface area contributed by atoms with Crippen LogP contribution in [0.3, 0.4) is 0 Å². The number of ether oxygens (including phenoxy) is 1. The first-order valence-corrected chi connectivity index (χ1v) is 14.0. The first-order valence-electron chi connectivity index (χ1n) is 13.1. The van der Waals surface area contributed by atoms with Gasteiger partial charge in [0.15, 0.2) is 0 Å². The summed E-state index contributed by atoms with van der Waals surface area (Å²) >= 11 is 1.58. The highest BCUT2D eigenvalue weighted by molar-refractivity contribution is 7.17. The van der Waals surface area contributed by atoms with Gasteiger partial charge in [-0.3, -0.25) is 15.0 Å². The van der Waals surface area contributed by atoms with E-state index < -0.39 is 18.1 Å². The van der Waals surface area contributed by atoms with Gasteiger partial charge in [0.05, 0.1) is 18.4 Å². The van der Waals surface area contributed by atoms with E-state index in [1.54, 1.807) is 18.3 Å². The zero-order valence-electron chi connectivity index (χ0n) is 22.4. The standard InChI is InChI=1S/C27H31N3O3S.C2HF3O2/c1-2-33-27(32)19-10-6-7-11-23(19)30-26(31)21(14-17-8-4-3-5-9-17)22-16-34-24-13-12-18(25(28)29)15-20(22)24;3-2(4,5)1(6)7/h3-5,8-9,12-13,15-16,19,21,23H,2,6-7,10-11,14H2,1H3,(H3,28,29)(H,30,31);(H,6,7)/t19-,21?,23?;/m1./s1. The van der Waals surface area contributed by atoms with Crippen LogP contribution in [-0.2, 0) is 25.5 Å². The molecule has 1 amide bonds.